The monoisotopic (exact) mass is 285 g/mol. The van der Waals surface area contributed by atoms with Crippen LogP contribution in [0.1, 0.15) is 11.1 Å². The van der Waals surface area contributed by atoms with Gasteiger partial charge in [0, 0.05) is 18.7 Å². The highest BCUT2D eigenvalue weighted by atomic mass is 19.1. The van der Waals surface area contributed by atoms with E-state index in [2.05, 4.69) is 4.98 Å². The predicted octanol–water partition coefficient (Wildman–Crippen LogP) is 3.20. The van der Waals surface area contributed by atoms with Gasteiger partial charge in [-0.3, -0.25) is 4.57 Å². The Hall–Kier alpha value is -2.40. The van der Waals surface area contributed by atoms with Crippen LogP contribution in [-0.4, -0.2) is 16.7 Å². The number of fused-ring (bicyclic) bond motifs is 1. The van der Waals surface area contributed by atoms with E-state index in [-0.39, 0.29) is 5.82 Å². The van der Waals surface area contributed by atoms with Crippen LogP contribution in [0, 0.1) is 12.7 Å². The third-order valence-corrected chi connectivity index (χ3v) is 3.49. The van der Waals surface area contributed by atoms with Gasteiger partial charge in [0.15, 0.2) is 0 Å². The number of anilines is 1. The molecule has 1 aromatic heterocycles. The quantitative estimate of drug-likeness (QED) is 0.804. The molecule has 0 saturated heterocycles. The number of nitrogen functional groups attached to an aromatic ring is 1. The summed E-state index contributed by atoms with van der Waals surface area (Å²) in [6.07, 6.45) is 0. The largest absolute Gasteiger partial charge is 0.380 e. The van der Waals surface area contributed by atoms with Crippen molar-refractivity contribution in [1.29, 1.82) is 0 Å². The van der Waals surface area contributed by atoms with Gasteiger partial charge in [-0.15, -0.1) is 0 Å². The second kappa shape index (κ2) is 5.18. The van der Waals surface area contributed by atoms with Gasteiger partial charge >= 0.3 is 0 Å². The first-order valence-electron chi connectivity index (χ1n) is 6.63. The van der Waals surface area contributed by atoms with Crippen molar-refractivity contribution in [2.45, 2.75) is 13.5 Å². The highest BCUT2D eigenvalue weighted by Crippen LogP contribution is 2.27. The number of hydrogen-bond donors (Lipinski definition) is 1. The van der Waals surface area contributed by atoms with Gasteiger partial charge in [0.25, 0.3) is 0 Å². The van der Waals surface area contributed by atoms with E-state index >= 15 is 0 Å². The fourth-order valence-electron chi connectivity index (χ4n) is 2.48. The van der Waals surface area contributed by atoms with Crippen molar-refractivity contribution in [2.24, 2.45) is 0 Å². The van der Waals surface area contributed by atoms with Crippen LogP contribution in [0.2, 0.25) is 0 Å². The molecular weight excluding hydrogens is 269 g/mol. The van der Waals surface area contributed by atoms with Gasteiger partial charge in [-0.2, -0.15) is 0 Å². The molecule has 0 amide bonds. The molecule has 0 radical (unpaired) electrons. The summed E-state index contributed by atoms with van der Waals surface area (Å²) in [6.45, 7) is 2.19. The molecule has 2 N–H and O–H groups in total. The van der Waals surface area contributed by atoms with Gasteiger partial charge in [-0.1, -0.05) is 18.2 Å². The summed E-state index contributed by atoms with van der Waals surface area (Å²) in [7, 11) is 1.64. The van der Waals surface area contributed by atoms with Crippen LogP contribution in [0.25, 0.3) is 16.7 Å². The van der Waals surface area contributed by atoms with E-state index in [1.165, 1.54) is 6.07 Å². The van der Waals surface area contributed by atoms with Crippen molar-refractivity contribution in [3.05, 3.63) is 53.3 Å². The van der Waals surface area contributed by atoms with E-state index in [0.717, 1.165) is 16.8 Å². The van der Waals surface area contributed by atoms with Crippen molar-refractivity contribution < 1.29 is 9.13 Å². The zero-order valence-corrected chi connectivity index (χ0v) is 11.9. The van der Waals surface area contributed by atoms with E-state index in [1.54, 1.807) is 20.1 Å². The average molecular weight is 285 g/mol. The Bertz CT molecular complexity index is 811. The third-order valence-electron chi connectivity index (χ3n) is 3.49. The van der Waals surface area contributed by atoms with Crippen LogP contribution >= 0.6 is 0 Å². The molecule has 0 spiro atoms. The molecule has 4 nitrogen and oxygen atoms in total. The number of methoxy groups -OCH3 is 1. The summed E-state index contributed by atoms with van der Waals surface area (Å²) in [6, 6.07) is 11.0. The first kappa shape index (κ1) is 13.6. The van der Waals surface area contributed by atoms with Crippen LogP contribution in [-0.2, 0) is 11.3 Å². The van der Waals surface area contributed by atoms with Crippen molar-refractivity contribution in [3.8, 4) is 5.69 Å². The molecule has 3 aromatic rings. The standard InChI is InChI=1S/C16H16FN3O/c1-10-7-15-13(8-12(10)17)19-16(18)20(15)14-6-4-3-5-11(14)9-21-2/h3-8H,9H2,1-2H3,(H2,18,19). The van der Waals surface area contributed by atoms with Crippen molar-refractivity contribution in [2.75, 3.05) is 12.8 Å². The first-order chi connectivity index (χ1) is 10.1. The minimum atomic E-state index is -0.280. The molecule has 1 heterocycles. The molecule has 0 bridgehead atoms. The lowest BCUT2D eigenvalue weighted by Gasteiger charge is -2.12. The minimum Gasteiger partial charge on any atom is -0.380 e. The molecule has 0 fully saturated rings. The first-order valence-corrected chi connectivity index (χ1v) is 6.63. The minimum absolute atomic E-state index is 0.280. The van der Waals surface area contributed by atoms with Gasteiger partial charge in [-0.25, -0.2) is 9.37 Å². The van der Waals surface area contributed by atoms with Crippen molar-refractivity contribution in [3.63, 3.8) is 0 Å². The molecule has 0 saturated carbocycles. The molecule has 21 heavy (non-hydrogen) atoms. The summed E-state index contributed by atoms with van der Waals surface area (Å²) >= 11 is 0. The maximum absolute atomic E-state index is 13.7. The summed E-state index contributed by atoms with van der Waals surface area (Å²) in [5.41, 5.74) is 9.82. The molecule has 0 aliphatic rings. The number of imidazole rings is 1. The molecule has 5 heteroatoms. The second-order valence-electron chi connectivity index (χ2n) is 4.96. The molecule has 0 aliphatic heterocycles. The number of ether oxygens (including phenoxy) is 1. The molecule has 3 rings (SSSR count). The number of halogens is 1. The maximum atomic E-state index is 13.7. The van der Waals surface area contributed by atoms with E-state index in [1.807, 2.05) is 28.8 Å². The number of nitrogens with zero attached hydrogens (tertiary/aromatic N) is 2. The Morgan fingerprint density at radius 2 is 2.05 bits per heavy atom. The highest BCUT2D eigenvalue weighted by Gasteiger charge is 2.14. The number of aromatic nitrogens is 2. The number of hydrogen-bond acceptors (Lipinski definition) is 3. The van der Waals surface area contributed by atoms with Gasteiger partial charge in [0.2, 0.25) is 5.95 Å². The smallest absolute Gasteiger partial charge is 0.205 e. The van der Waals surface area contributed by atoms with E-state index in [4.69, 9.17) is 10.5 Å². The van der Waals surface area contributed by atoms with E-state index < -0.39 is 0 Å². The number of nitrogens with two attached hydrogens (primary N) is 1. The van der Waals surface area contributed by atoms with Crippen molar-refractivity contribution in [1.82, 2.24) is 9.55 Å². The SMILES string of the molecule is COCc1ccccc1-n1c(N)nc2cc(F)c(C)cc21. The van der Waals surface area contributed by atoms with Crippen LogP contribution < -0.4 is 5.73 Å². The molecule has 0 atom stereocenters. The van der Waals surface area contributed by atoms with Gasteiger partial charge < -0.3 is 10.5 Å². The lowest BCUT2D eigenvalue weighted by Crippen LogP contribution is -2.04. The number of benzene rings is 2. The lowest BCUT2D eigenvalue weighted by atomic mass is 10.1. The fraction of sp³-hybridized carbons (Fsp3) is 0.188. The maximum Gasteiger partial charge on any atom is 0.205 e. The van der Waals surface area contributed by atoms with Crippen LogP contribution in [0.15, 0.2) is 36.4 Å². The Kier molecular flexibility index (Phi) is 3.35. The fourth-order valence-corrected chi connectivity index (χ4v) is 2.48. The van der Waals surface area contributed by atoms with Gasteiger partial charge in [0.1, 0.15) is 5.82 Å². The normalized spacial score (nSPS) is 11.2. The average Bonchev–Trinajstić information content (AvgIpc) is 2.76. The number of aryl methyl sites for hydroxylation is 1. The lowest BCUT2D eigenvalue weighted by molar-refractivity contribution is 0.185. The zero-order chi connectivity index (χ0) is 15.0. The van der Waals surface area contributed by atoms with E-state index in [0.29, 0.717) is 23.6 Å². The second-order valence-corrected chi connectivity index (χ2v) is 4.96. The van der Waals surface area contributed by atoms with Crippen molar-refractivity contribution >= 4 is 17.0 Å². The Morgan fingerprint density at radius 1 is 1.29 bits per heavy atom. The molecule has 2 aromatic carbocycles. The van der Waals surface area contributed by atoms with Crippen LogP contribution in [0.5, 0.6) is 0 Å². The van der Waals surface area contributed by atoms with E-state index in [9.17, 15) is 4.39 Å². The molecule has 0 aliphatic carbocycles. The van der Waals surface area contributed by atoms with Gasteiger partial charge in [0.05, 0.1) is 23.3 Å². The molecule has 108 valence electrons. The van der Waals surface area contributed by atoms with Gasteiger partial charge in [-0.05, 0) is 24.6 Å². The third kappa shape index (κ3) is 2.25. The summed E-state index contributed by atoms with van der Waals surface area (Å²) in [5, 5.41) is 0. The number of rotatable bonds is 3. The van der Waals surface area contributed by atoms with Crippen LogP contribution in [0.4, 0.5) is 10.3 Å². The molecule has 0 unspecified atom stereocenters. The van der Waals surface area contributed by atoms with Crippen LogP contribution in [0.3, 0.4) is 0 Å². The summed E-state index contributed by atoms with van der Waals surface area (Å²) < 4.78 is 20.7. The summed E-state index contributed by atoms with van der Waals surface area (Å²) in [4.78, 5) is 4.25. The topological polar surface area (TPSA) is 53.1 Å². The number of para-hydroxylation sites is 1. The predicted molar refractivity (Wildman–Crippen MR) is 80.9 cm³/mol. The molecular formula is C16H16FN3O. The highest BCUT2D eigenvalue weighted by molar-refractivity contribution is 5.82. The summed E-state index contributed by atoms with van der Waals surface area (Å²) in [5.74, 6) is 0.0517. The zero-order valence-electron chi connectivity index (χ0n) is 11.9. The Morgan fingerprint density at radius 3 is 2.81 bits per heavy atom. The Balaban J connectivity index is 2.30. The Labute approximate surface area is 122 Å².